The van der Waals surface area contributed by atoms with Crippen LogP contribution in [0.3, 0.4) is 0 Å². The number of hydrogen-bond acceptors (Lipinski definition) is 2. The van der Waals surface area contributed by atoms with E-state index in [-0.39, 0.29) is 0 Å². The van der Waals surface area contributed by atoms with Crippen molar-refractivity contribution in [3.05, 3.63) is 0 Å². The van der Waals surface area contributed by atoms with Crippen LogP contribution in [0.15, 0.2) is 0 Å². The third-order valence-electron chi connectivity index (χ3n) is 2.42. The molecule has 2 heteroatoms. The van der Waals surface area contributed by atoms with Gasteiger partial charge in [0.15, 0.2) is 0 Å². The maximum absolute atomic E-state index is 8.95. The van der Waals surface area contributed by atoms with E-state index in [2.05, 4.69) is 13.2 Å². The molecule has 0 heterocycles. The molecule has 1 unspecified atom stereocenters. The minimum atomic E-state index is 0.343. The van der Waals surface area contributed by atoms with Crippen LogP contribution >= 0.6 is 11.8 Å². The number of thioether (sulfide) groups is 1. The third kappa shape index (κ3) is 8.63. The molecule has 0 amide bonds. The summed E-state index contributed by atoms with van der Waals surface area (Å²) in [6.45, 7) is 2.59. The molecule has 0 aromatic heterocycles. The first-order valence-electron chi connectivity index (χ1n) is 5.48. The van der Waals surface area contributed by atoms with Gasteiger partial charge in [0.2, 0.25) is 0 Å². The Hall–Kier alpha value is 0.310. The molecule has 80 valence electrons. The Morgan fingerprint density at radius 3 is 2.23 bits per heavy atom. The Balaban J connectivity index is 3.05. The molecular weight excluding hydrogens is 180 g/mol. The van der Waals surface area contributed by atoms with Crippen LogP contribution in [0.4, 0.5) is 0 Å². The predicted molar refractivity (Wildman–Crippen MR) is 62.4 cm³/mol. The lowest BCUT2D eigenvalue weighted by molar-refractivity contribution is 0.288. The van der Waals surface area contributed by atoms with E-state index in [1.165, 1.54) is 44.9 Å². The molecule has 0 saturated heterocycles. The van der Waals surface area contributed by atoms with Crippen molar-refractivity contribution in [1.29, 1.82) is 0 Å². The zero-order chi connectivity index (χ0) is 9.94. The molecule has 0 rings (SSSR count). The summed E-state index contributed by atoms with van der Waals surface area (Å²) in [5.41, 5.74) is 0. The maximum atomic E-state index is 8.95. The fourth-order valence-corrected chi connectivity index (χ4v) is 1.99. The molecule has 0 aliphatic carbocycles. The van der Waals surface area contributed by atoms with Gasteiger partial charge >= 0.3 is 0 Å². The lowest BCUT2D eigenvalue weighted by Gasteiger charge is -2.09. The quantitative estimate of drug-likeness (QED) is 0.580. The fraction of sp³-hybridized carbons (Fsp3) is 1.00. The number of unbranched alkanes of at least 4 members (excludes halogenated alkanes) is 5. The van der Waals surface area contributed by atoms with Gasteiger partial charge in [0.1, 0.15) is 0 Å². The van der Waals surface area contributed by atoms with Gasteiger partial charge in [-0.15, -0.1) is 0 Å². The summed E-state index contributed by atoms with van der Waals surface area (Å²) in [5.74, 6) is 0. The largest absolute Gasteiger partial charge is 0.395 e. The van der Waals surface area contributed by atoms with Crippen LogP contribution in [0.5, 0.6) is 0 Å². The Morgan fingerprint density at radius 2 is 1.69 bits per heavy atom. The summed E-state index contributed by atoms with van der Waals surface area (Å²) in [6.07, 6.45) is 11.4. The van der Waals surface area contributed by atoms with Crippen LogP contribution in [0, 0.1) is 0 Å². The van der Waals surface area contributed by atoms with Gasteiger partial charge < -0.3 is 5.11 Å². The van der Waals surface area contributed by atoms with Gasteiger partial charge in [0.05, 0.1) is 6.61 Å². The van der Waals surface area contributed by atoms with E-state index in [9.17, 15) is 0 Å². The van der Waals surface area contributed by atoms with Crippen molar-refractivity contribution in [2.45, 2.75) is 57.1 Å². The molecule has 0 spiro atoms. The van der Waals surface area contributed by atoms with Crippen molar-refractivity contribution in [3.8, 4) is 0 Å². The second-order valence-electron chi connectivity index (χ2n) is 3.60. The van der Waals surface area contributed by atoms with Crippen molar-refractivity contribution < 1.29 is 5.11 Å². The number of rotatable bonds is 9. The van der Waals surface area contributed by atoms with Crippen molar-refractivity contribution in [1.82, 2.24) is 0 Å². The van der Waals surface area contributed by atoms with Gasteiger partial charge in [0, 0.05) is 5.25 Å². The van der Waals surface area contributed by atoms with Crippen molar-refractivity contribution in [3.63, 3.8) is 0 Å². The van der Waals surface area contributed by atoms with Crippen LogP contribution in [0.25, 0.3) is 0 Å². The summed E-state index contributed by atoms with van der Waals surface area (Å²) in [7, 11) is 0. The molecule has 13 heavy (non-hydrogen) atoms. The smallest absolute Gasteiger partial charge is 0.0549 e. The third-order valence-corrected chi connectivity index (χ3v) is 3.47. The molecule has 1 atom stereocenters. The molecule has 1 nitrogen and oxygen atoms in total. The van der Waals surface area contributed by atoms with Crippen molar-refractivity contribution in [2.75, 3.05) is 12.9 Å². The molecule has 0 aliphatic heterocycles. The van der Waals surface area contributed by atoms with E-state index < -0.39 is 0 Å². The topological polar surface area (TPSA) is 20.2 Å². The minimum absolute atomic E-state index is 0.343. The summed E-state index contributed by atoms with van der Waals surface area (Å²) in [5, 5.41) is 9.42. The SMILES string of the molecule is CCCCCCCCC(CO)SC. The standard InChI is InChI=1S/C11H24OS/c1-3-4-5-6-7-8-9-11(10-12)13-2/h11-12H,3-10H2,1-2H3. The van der Waals surface area contributed by atoms with E-state index in [0.29, 0.717) is 11.9 Å². The molecule has 0 radical (unpaired) electrons. The van der Waals surface area contributed by atoms with Crippen LogP contribution in [0.2, 0.25) is 0 Å². The first-order valence-corrected chi connectivity index (χ1v) is 6.77. The molecular formula is C11H24OS. The van der Waals surface area contributed by atoms with Gasteiger partial charge in [-0.05, 0) is 12.7 Å². The number of aliphatic hydroxyl groups excluding tert-OH is 1. The van der Waals surface area contributed by atoms with Gasteiger partial charge in [-0.25, -0.2) is 0 Å². The Kier molecular flexibility index (Phi) is 10.6. The van der Waals surface area contributed by atoms with Gasteiger partial charge in [-0.3, -0.25) is 0 Å². The first kappa shape index (κ1) is 13.3. The zero-order valence-electron chi connectivity index (χ0n) is 9.09. The van der Waals surface area contributed by atoms with Gasteiger partial charge in [-0.1, -0.05) is 45.4 Å². The summed E-state index contributed by atoms with van der Waals surface area (Å²) in [4.78, 5) is 0. The average Bonchev–Trinajstić information content (AvgIpc) is 2.17. The highest BCUT2D eigenvalue weighted by Gasteiger charge is 2.03. The normalized spacial score (nSPS) is 13.2. The highest BCUT2D eigenvalue weighted by molar-refractivity contribution is 7.99. The molecule has 0 fully saturated rings. The maximum Gasteiger partial charge on any atom is 0.0549 e. The van der Waals surface area contributed by atoms with E-state index >= 15 is 0 Å². The first-order chi connectivity index (χ1) is 6.35. The zero-order valence-corrected chi connectivity index (χ0v) is 9.91. The lowest BCUT2D eigenvalue weighted by atomic mass is 10.1. The summed E-state index contributed by atoms with van der Waals surface area (Å²) < 4.78 is 0. The number of aliphatic hydroxyl groups is 1. The molecule has 0 bridgehead atoms. The fourth-order valence-electron chi connectivity index (χ4n) is 1.44. The van der Waals surface area contributed by atoms with Crippen LogP contribution in [0.1, 0.15) is 51.9 Å². The van der Waals surface area contributed by atoms with E-state index in [4.69, 9.17) is 5.11 Å². The molecule has 0 aromatic carbocycles. The highest BCUT2D eigenvalue weighted by Crippen LogP contribution is 2.15. The van der Waals surface area contributed by atoms with Crippen LogP contribution < -0.4 is 0 Å². The van der Waals surface area contributed by atoms with Gasteiger partial charge in [0.25, 0.3) is 0 Å². The minimum Gasteiger partial charge on any atom is -0.395 e. The van der Waals surface area contributed by atoms with Gasteiger partial charge in [-0.2, -0.15) is 11.8 Å². The lowest BCUT2D eigenvalue weighted by Crippen LogP contribution is -2.07. The van der Waals surface area contributed by atoms with E-state index in [1.807, 2.05) is 0 Å². The molecule has 0 aliphatic rings. The molecule has 0 aromatic rings. The average molecular weight is 204 g/mol. The molecule has 1 N–H and O–H groups in total. The Morgan fingerprint density at radius 1 is 1.08 bits per heavy atom. The summed E-state index contributed by atoms with van der Waals surface area (Å²) in [6, 6.07) is 0. The van der Waals surface area contributed by atoms with Crippen LogP contribution in [-0.4, -0.2) is 23.2 Å². The Labute approximate surface area is 87.3 Å². The second-order valence-corrected chi connectivity index (χ2v) is 4.73. The van der Waals surface area contributed by atoms with E-state index in [1.54, 1.807) is 11.8 Å². The number of hydrogen-bond donors (Lipinski definition) is 1. The predicted octanol–water partition coefficient (Wildman–Crippen LogP) is 3.46. The van der Waals surface area contributed by atoms with E-state index in [0.717, 1.165) is 0 Å². The van der Waals surface area contributed by atoms with Crippen molar-refractivity contribution >= 4 is 11.8 Å². The Bertz CT molecular complexity index is 92.1. The second kappa shape index (κ2) is 10.4. The van der Waals surface area contributed by atoms with Crippen molar-refractivity contribution in [2.24, 2.45) is 0 Å². The molecule has 0 saturated carbocycles. The summed E-state index contributed by atoms with van der Waals surface area (Å²) >= 11 is 1.79. The van der Waals surface area contributed by atoms with Crippen LogP contribution in [-0.2, 0) is 0 Å². The highest BCUT2D eigenvalue weighted by atomic mass is 32.2. The monoisotopic (exact) mass is 204 g/mol.